The molecule has 25 heavy (non-hydrogen) atoms. The average molecular weight is 387 g/mol. The van der Waals surface area contributed by atoms with Gasteiger partial charge in [0.05, 0.1) is 17.6 Å². The fourth-order valence-corrected chi connectivity index (χ4v) is 4.55. The van der Waals surface area contributed by atoms with Crippen molar-refractivity contribution in [3.63, 3.8) is 0 Å². The Kier molecular flexibility index (Phi) is 6.30. The van der Waals surface area contributed by atoms with Crippen LogP contribution in [0.3, 0.4) is 0 Å². The first-order valence-electron chi connectivity index (χ1n) is 8.44. The quantitative estimate of drug-likeness (QED) is 0.775. The van der Waals surface area contributed by atoms with Crippen molar-refractivity contribution in [2.24, 2.45) is 23.5 Å². The predicted molar refractivity (Wildman–Crippen MR) is 101 cm³/mol. The molecule has 1 aromatic heterocycles. The molecule has 138 valence electrons. The summed E-state index contributed by atoms with van der Waals surface area (Å²) in [6, 6.07) is 2.04. The van der Waals surface area contributed by atoms with Gasteiger partial charge in [-0.1, -0.05) is 6.42 Å². The molecule has 2 fully saturated rings. The SMILES string of the molecule is Cl.Cl.NC1C2CCCC1CC(C(=O)N1CC(=O)Nc3cnccc31)C2. The maximum absolute atomic E-state index is 13.1. The molecule has 8 heteroatoms. The summed E-state index contributed by atoms with van der Waals surface area (Å²) in [5.41, 5.74) is 7.70. The highest BCUT2D eigenvalue weighted by molar-refractivity contribution is 6.10. The van der Waals surface area contributed by atoms with E-state index >= 15 is 0 Å². The molecule has 0 aromatic carbocycles. The highest BCUT2D eigenvalue weighted by atomic mass is 35.5. The van der Waals surface area contributed by atoms with E-state index in [1.54, 1.807) is 23.4 Å². The first-order valence-corrected chi connectivity index (χ1v) is 8.44. The number of fused-ring (bicyclic) bond motifs is 3. The van der Waals surface area contributed by atoms with Gasteiger partial charge in [0.25, 0.3) is 0 Å². The fourth-order valence-electron chi connectivity index (χ4n) is 4.55. The van der Waals surface area contributed by atoms with Crippen molar-refractivity contribution in [3.05, 3.63) is 18.5 Å². The molecule has 0 spiro atoms. The zero-order valence-electron chi connectivity index (χ0n) is 13.9. The molecule has 2 saturated carbocycles. The molecular weight excluding hydrogens is 363 g/mol. The molecule has 6 nitrogen and oxygen atoms in total. The molecule has 0 saturated heterocycles. The molecule has 1 aromatic rings. The van der Waals surface area contributed by atoms with E-state index in [1.165, 1.54) is 6.42 Å². The lowest BCUT2D eigenvalue weighted by Gasteiger charge is -2.44. The second-order valence-corrected chi connectivity index (χ2v) is 7.06. The van der Waals surface area contributed by atoms with Crippen LogP contribution in [0.1, 0.15) is 32.1 Å². The van der Waals surface area contributed by atoms with Gasteiger partial charge in [-0.25, -0.2) is 0 Å². The first kappa shape index (κ1) is 19.9. The number of hydrogen-bond donors (Lipinski definition) is 2. The summed E-state index contributed by atoms with van der Waals surface area (Å²) in [6.07, 6.45) is 8.44. The third-order valence-electron chi connectivity index (χ3n) is 5.69. The Labute approximate surface area is 159 Å². The summed E-state index contributed by atoms with van der Waals surface area (Å²) < 4.78 is 0. The summed E-state index contributed by atoms with van der Waals surface area (Å²) in [5, 5.41) is 2.78. The van der Waals surface area contributed by atoms with Gasteiger partial charge in [-0.05, 0) is 43.6 Å². The minimum absolute atomic E-state index is 0. The van der Waals surface area contributed by atoms with Crippen molar-refractivity contribution >= 4 is 48.0 Å². The zero-order chi connectivity index (χ0) is 16.0. The van der Waals surface area contributed by atoms with Crippen LogP contribution < -0.4 is 16.0 Å². The molecule has 2 atom stereocenters. The van der Waals surface area contributed by atoms with Crippen LogP contribution >= 0.6 is 24.8 Å². The van der Waals surface area contributed by atoms with E-state index < -0.39 is 0 Å². The molecule has 3 N–H and O–H groups in total. The summed E-state index contributed by atoms with van der Waals surface area (Å²) in [5.74, 6) is 0.790. The van der Waals surface area contributed by atoms with Crippen LogP contribution in [0.5, 0.6) is 0 Å². The number of nitrogens with two attached hydrogens (primary N) is 1. The summed E-state index contributed by atoms with van der Waals surface area (Å²) >= 11 is 0. The number of pyridine rings is 1. The monoisotopic (exact) mass is 386 g/mol. The fraction of sp³-hybridized carbons (Fsp3) is 0.588. The highest BCUT2D eigenvalue weighted by Crippen LogP contribution is 2.43. The lowest BCUT2D eigenvalue weighted by Crippen LogP contribution is -2.51. The molecule has 2 heterocycles. The van der Waals surface area contributed by atoms with Gasteiger partial charge in [-0.2, -0.15) is 0 Å². The lowest BCUT2D eigenvalue weighted by molar-refractivity contribution is -0.127. The number of carbonyl (C=O) groups excluding carboxylic acids is 2. The third-order valence-corrected chi connectivity index (χ3v) is 5.69. The highest BCUT2D eigenvalue weighted by Gasteiger charge is 2.42. The van der Waals surface area contributed by atoms with Crippen LogP contribution in [0.15, 0.2) is 18.5 Å². The number of rotatable bonds is 1. The van der Waals surface area contributed by atoms with E-state index in [0.29, 0.717) is 17.5 Å². The van der Waals surface area contributed by atoms with E-state index in [2.05, 4.69) is 10.3 Å². The van der Waals surface area contributed by atoms with Crippen LogP contribution in [-0.2, 0) is 9.59 Å². The van der Waals surface area contributed by atoms with Gasteiger partial charge < -0.3 is 16.0 Å². The Morgan fingerprint density at radius 1 is 1.24 bits per heavy atom. The molecule has 0 radical (unpaired) electrons. The summed E-state index contributed by atoms with van der Waals surface area (Å²) in [6.45, 7) is 0.0910. The van der Waals surface area contributed by atoms with Crippen LogP contribution in [0.4, 0.5) is 11.4 Å². The van der Waals surface area contributed by atoms with Crippen LogP contribution in [0.25, 0.3) is 0 Å². The number of carbonyl (C=O) groups is 2. The minimum Gasteiger partial charge on any atom is -0.327 e. The molecule has 2 aliphatic carbocycles. The van der Waals surface area contributed by atoms with Crippen molar-refractivity contribution in [3.8, 4) is 0 Å². The van der Waals surface area contributed by atoms with Crippen LogP contribution in [0.2, 0.25) is 0 Å². The van der Waals surface area contributed by atoms with Gasteiger partial charge in [0.1, 0.15) is 6.54 Å². The number of hydrogen-bond acceptors (Lipinski definition) is 4. The topological polar surface area (TPSA) is 88.3 Å². The minimum atomic E-state index is -0.161. The number of amides is 2. The Hall–Kier alpha value is -1.37. The average Bonchev–Trinajstić information content (AvgIpc) is 2.53. The van der Waals surface area contributed by atoms with E-state index in [4.69, 9.17) is 5.73 Å². The Balaban J connectivity index is 0.00000113. The molecule has 2 unspecified atom stereocenters. The predicted octanol–water partition coefficient (Wildman–Crippen LogP) is 2.36. The maximum atomic E-state index is 13.1. The van der Waals surface area contributed by atoms with E-state index in [9.17, 15) is 9.59 Å². The van der Waals surface area contributed by atoms with Crippen molar-refractivity contribution in [1.29, 1.82) is 0 Å². The number of nitrogens with one attached hydrogen (secondary N) is 1. The van der Waals surface area contributed by atoms with Gasteiger partial charge in [-0.15, -0.1) is 24.8 Å². The first-order chi connectivity index (χ1) is 11.1. The van der Waals surface area contributed by atoms with Gasteiger partial charge in [0.2, 0.25) is 11.8 Å². The Bertz CT molecular complexity index is 643. The van der Waals surface area contributed by atoms with Crippen molar-refractivity contribution < 1.29 is 9.59 Å². The molecular formula is C17H24Cl2N4O2. The number of halogens is 2. The molecule has 2 bridgehead atoms. The van der Waals surface area contributed by atoms with E-state index in [0.717, 1.165) is 31.4 Å². The smallest absolute Gasteiger partial charge is 0.244 e. The summed E-state index contributed by atoms with van der Waals surface area (Å²) in [4.78, 5) is 30.7. The van der Waals surface area contributed by atoms with E-state index in [-0.39, 0.29) is 55.1 Å². The number of anilines is 2. The lowest BCUT2D eigenvalue weighted by atomic mass is 9.65. The molecule has 1 aliphatic heterocycles. The third kappa shape index (κ3) is 3.61. The van der Waals surface area contributed by atoms with E-state index in [1.807, 2.05) is 0 Å². The summed E-state index contributed by atoms with van der Waals surface area (Å²) in [7, 11) is 0. The number of nitrogens with zero attached hydrogens (tertiary/aromatic N) is 2. The Morgan fingerprint density at radius 3 is 2.60 bits per heavy atom. The van der Waals surface area contributed by atoms with Gasteiger partial charge >= 0.3 is 0 Å². The Morgan fingerprint density at radius 2 is 1.92 bits per heavy atom. The maximum Gasteiger partial charge on any atom is 0.244 e. The second kappa shape index (κ2) is 7.89. The van der Waals surface area contributed by atoms with Crippen LogP contribution in [0, 0.1) is 17.8 Å². The second-order valence-electron chi connectivity index (χ2n) is 7.06. The van der Waals surface area contributed by atoms with Gasteiger partial charge in [0.15, 0.2) is 0 Å². The van der Waals surface area contributed by atoms with Crippen molar-refractivity contribution in [2.45, 2.75) is 38.1 Å². The normalized spacial score (nSPS) is 30.3. The van der Waals surface area contributed by atoms with Gasteiger partial charge in [0, 0.05) is 18.2 Å². The molecule has 3 aliphatic rings. The van der Waals surface area contributed by atoms with Crippen molar-refractivity contribution in [1.82, 2.24) is 4.98 Å². The number of aromatic nitrogens is 1. The van der Waals surface area contributed by atoms with Crippen LogP contribution in [-0.4, -0.2) is 29.4 Å². The standard InChI is InChI=1S/C17H22N4O2.2ClH/c18-16-10-2-1-3-11(16)7-12(6-10)17(23)21-9-15(22)20-13-8-19-5-4-14(13)21;;/h4-5,8,10-12,16H,1-3,6-7,9,18H2,(H,20,22);2*1H. The largest absolute Gasteiger partial charge is 0.327 e. The molecule has 4 rings (SSSR count). The zero-order valence-corrected chi connectivity index (χ0v) is 15.5. The molecule has 2 amide bonds. The van der Waals surface area contributed by atoms with Gasteiger partial charge in [-0.3, -0.25) is 14.6 Å². The van der Waals surface area contributed by atoms with Crippen molar-refractivity contribution in [2.75, 3.05) is 16.8 Å².